The van der Waals surface area contributed by atoms with E-state index in [-0.39, 0.29) is 11.7 Å². The van der Waals surface area contributed by atoms with Gasteiger partial charge in [0.2, 0.25) is 0 Å². The van der Waals surface area contributed by atoms with E-state index in [9.17, 15) is 9.90 Å². The molecule has 0 saturated carbocycles. The fraction of sp³-hybridized carbons (Fsp3) is 0.238. The zero-order valence-electron chi connectivity index (χ0n) is 14.8. The van der Waals surface area contributed by atoms with Crippen molar-refractivity contribution in [3.05, 3.63) is 76.8 Å². The van der Waals surface area contributed by atoms with Crippen molar-refractivity contribution in [3.63, 3.8) is 0 Å². The maximum atomic E-state index is 11.5. The van der Waals surface area contributed by atoms with Crippen LogP contribution in [0.5, 0.6) is 0 Å². The average Bonchev–Trinajstić information content (AvgIpc) is 3.10. The van der Waals surface area contributed by atoms with Gasteiger partial charge in [0.25, 0.3) is 0 Å². The molecule has 1 atom stereocenters. The van der Waals surface area contributed by atoms with Gasteiger partial charge in [0, 0.05) is 5.02 Å². The first-order valence-corrected chi connectivity index (χ1v) is 9.00. The largest absolute Gasteiger partial charge is 0.477 e. The molecule has 0 amide bonds. The normalized spacial score (nSPS) is 12.1. The first-order valence-electron chi connectivity index (χ1n) is 8.63. The number of hydrogen-bond donors (Lipinski definition) is 1. The fourth-order valence-electron chi connectivity index (χ4n) is 3.29. The molecule has 1 N–H and O–H groups in total. The van der Waals surface area contributed by atoms with Gasteiger partial charge >= 0.3 is 5.97 Å². The number of carbonyl (C=O) groups is 1. The minimum Gasteiger partial charge on any atom is -0.477 e. The zero-order valence-corrected chi connectivity index (χ0v) is 15.6. The molecule has 134 valence electrons. The number of hydrogen-bond acceptors (Lipinski definition) is 2. The van der Waals surface area contributed by atoms with Crippen LogP contribution in [0.4, 0.5) is 0 Å². The summed E-state index contributed by atoms with van der Waals surface area (Å²) in [6.45, 7) is 4.13. The van der Waals surface area contributed by atoms with Gasteiger partial charge in [-0.1, -0.05) is 55.3 Å². The highest BCUT2D eigenvalue weighted by Gasteiger charge is 2.19. The van der Waals surface area contributed by atoms with Gasteiger partial charge in [0.15, 0.2) is 0 Å². The number of imidazole rings is 1. The third-order valence-electron chi connectivity index (χ3n) is 4.58. The maximum absolute atomic E-state index is 11.5. The predicted molar refractivity (Wildman–Crippen MR) is 104 cm³/mol. The van der Waals surface area contributed by atoms with E-state index in [4.69, 9.17) is 11.6 Å². The first kappa shape index (κ1) is 18.2. The van der Waals surface area contributed by atoms with E-state index in [0.717, 1.165) is 40.1 Å². The summed E-state index contributed by atoms with van der Waals surface area (Å²) in [6, 6.07) is 14.1. The lowest BCUT2D eigenvalue weighted by atomic mass is 9.96. The van der Waals surface area contributed by atoms with Gasteiger partial charge in [-0.3, -0.25) is 0 Å². The van der Waals surface area contributed by atoms with E-state index in [1.807, 2.05) is 25.1 Å². The molecule has 5 heteroatoms. The summed E-state index contributed by atoms with van der Waals surface area (Å²) in [5.41, 5.74) is 4.66. The third-order valence-corrected chi connectivity index (χ3v) is 4.81. The molecule has 1 unspecified atom stereocenters. The van der Waals surface area contributed by atoms with Gasteiger partial charge in [-0.2, -0.15) is 0 Å². The summed E-state index contributed by atoms with van der Waals surface area (Å²) in [6.07, 6.45) is 4.79. The highest BCUT2D eigenvalue weighted by Crippen LogP contribution is 2.30. The Hall–Kier alpha value is -2.59. The Labute approximate surface area is 158 Å². The van der Waals surface area contributed by atoms with Crippen LogP contribution in [-0.2, 0) is 0 Å². The molecule has 0 aliphatic carbocycles. The van der Waals surface area contributed by atoms with Crippen molar-refractivity contribution in [1.82, 2.24) is 9.55 Å². The van der Waals surface area contributed by atoms with E-state index >= 15 is 0 Å². The molecule has 0 spiro atoms. The second-order valence-electron chi connectivity index (χ2n) is 6.38. The topological polar surface area (TPSA) is 55.1 Å². The number of halogens is 1. The molecule has 0 saturated heterocycles. The number of aryl methyl sites for hydroxylation is 1. The lowest BCUT2D eigenvalue weighted by Gasteiger charge is -2.20. The highest BCUT2D eigenvalue weighted by molar-refractivity contribution is 6.30. The number of aromatic nitrogens is 2. The molecule has 0 radical (unpaired) electrons. The minimum absolute atomic E-state index is 0.0473. The molecule has 3 aromatic rings. The number of nitrogens with zero attached hydrogens (tertiary/aromatic N) is 2. The monoisotopic (exact) mass is 368 g/mol. The van der Waals surface area contributed by atoms with Gasteiger partial charge in [0.05, 0.1) is 18.6 Å². The van der Waals surface area contributed by atoms with Crippen LogP contribution in [0.1, 0.15) is 47.4 Å². The number of carboxylic acids is 1. The van der Waals surface area contributed by atoms with Gasteiger partial charge in [-0.05, 0) is 47.7 Å². The van der Waals surface area contributed by atoms with Crippen molar-refractivity contribution >= 4 is 17.6 Å². The van der Waals surface area contributed by atoms with Gasteiger partial charge < -0.3 is 9.67 Å². The molecule has 3 rings (SSSR count). The summed E-state index contributed by atoms with van der Waals surface area (Å²) >= 11 is 6.05. The molecule has 1 heterocycles. The van der Waals surface area contributed by atoms with Crippen molar-refractivity contribution in [2.24, 2.45) is 0 Å². The molecule has 0 aliphatic heterocycles. The molecular weight excluding hydrogens is 348 g/mol. The van der Waals surface area contributed by atoms with Crippen LogP contribution in [0, 0.1) is 6.92 Å². The number of rotatable bonds is 6. The summed E-state index contributed by atoms with van der Waals surface area (Å²) in [5, 5.41) is 10.1. The summed E-state index contributed by atoms with van der Waals surface area (Å²) in [5.74, 6) is -0.961. The van der Waals surface area contributed by atoms with Crippen LogP contribution in [0.25, 0.3) is 11.1 Å². The van der Waals surface area contributed by atoms with E-state index < -0.39 is 5.97 Å². The highest BCUT2D eigenvalue weighted by atomic mass is 35.5. The lowest BCUT2D eigenvalue weighted by Crippen LogP contribution is -2.15. The first-order chi connectivity index (χ1) is 12.5. The number of benzene rings is 2. The van der Waals surface area contributed by atoms with Crippen LogP contribution >= 0.6 is 11.6 Å². The van der Waals surface area contributed by atoms with Crippen LogP contribution in [0.15, 0.2) is 55.0 Å². The smallest absolute Gasteiger partial charge is 0.354 e. The quantitative estimate of drug-likeness (QED) is 0.616. The number of carboxylic acid groups (broad SMARTS) is 1. The van der Waals surface area contributed by atoms with E-state index in [2.05, 4.69) is 36.2 Å². The molecule has 26 heavy (non-hydrogen) atoms. The molecule has 0 fully saturated rings. The van der Waals surface area contributed by atoms with E-state index in [0.29, 0.717) is 0 Å². The Morgan fingerprint density at radius 3 is 2.58 bits per heavy atom. The fourth-order valence-corrected chi connectivity index (χ4v) is 3.52. The summed E-state index contributed by atoms with van der Waals surface area (Å²) in [4.78, 5) is 15.5. The summed E-state index contributed by atoms with van der Waals surface area (Å²) in [7, 11) is 0. The Balaban J connectivity index is 1.96. The Morgan fingerprint density at radius 1 is 1.23 bits per heavy atom. The Bertz CT molecular complexity index is 916. The molecule has 4 nitrogen and oxygen atoms in total. The van der Waals surface area contributed by atoms with Gasteiger partial charge in [-0.15, -0.1) is 0 Å². The van der Waals surface area contributed by atoms with Gasteiger partial charge in [0.1, 0.15) is 5.69 Å². The molecule has 2 aromatic carbocycles. The zero-order chi connectivity index (χ0) is 18.7. The minimum atomic E-state index is -0.961. The standard InChI is InChI=1S/C21H21ClN2O2/c1-3-4-19(24-13-23-12-20(24)21(25)26)16-7-5-15(6-8-16)18-10-9-17(22)11-14(18)2/h5-13,19H,3-4H2,1-2H3,(H,25,26). The number of aromatic carboxylic acids is 1. The summed E-state index contributed by atoms with van der Waals surface area (Å²) < 4.78 is 1.74. The van der Waals surface area contributed by atoms with Crippen molar-refractivity contribution in [3.8, 4) is 11.1 Å². The third kappa shape index (κ3) is 3.65. The Kier molecular flexibility index (Phi) is 5.43. The van der Waals surface area contributed by atoms with Crippen molar-refractivity contribution in [1.29, 1.82) is 0 Å². The van der Waals surface area contributed by atoms with Crippen molar-refractivity contribution < 1.29 is 9.90 Å². The van der Waals surface area contributed by atoms with Crippen molar-refractivity contribution in [2.75, 3.05) is 0 Å². The van der Waals surface area contributed by atoms with E-state index in [1.54, 1.807) is 10.9 Å². The van der Waals surface area contributed by atoms with Crippen molar-refractivity contribution in [2.45, 2.75) is 32.7 Å². The molecule has 0 bridgehead atoms. The average molecular weight is 369 g/mol. The predicted octanol–water partition coefficient (Wildman–Crippen LogP) is 5.60. The Morgan fingerprint density at radius 2 is 1.96 bits per heavy atom. The van der Waals surface area contributed by atoms with Crippen LogP contribution in [0.3, 0.4) is 0 Å². The van der Waals surface area contributed by atoms with Crippen LogP contribution in [0.2, 0.25) is 5.02 Å². The molecule has 0 aliphatic rings. The lowest BCUT2D eigenvalue weighted by molar-refractivity contribution is 0.0683. The molecule has 1 aromatic heterocycles. The maximum Gasteiger partial charge on any atom is 0.354 e. The van der Waals surface area contributed by atoms with Gasteiger partial charge in [-0.25, -0.2) is 9.78 Å². The van der Waals surface area contributed by atoms with Crippen LogP contribution in [-0.4, -0.2) is 20.6 Å². The SMILES string of the molecule is CCCC(c1ccc(-c2ccc(Cl)cc2C)cc1)n1cncc1C(=O)O. The second-order valence-corrected chi connectivity index (χ2v) is 6.81. The van der Waals surface area contributed by atoms with E-state index in [1.165, 1.54) is 6.20 Å². The second kappa shape index (κ2) is 7.75. The van der Waals surface area contributed by atoms with Crippen LogP contribution < -0.4 is 0 Å². The molecular formula is C21H21ClN2O2.